The molecular weight excluding hydrogens is 230 g/mol. The van der Waals surface area contributed by atoms with E-state index in [9.17, 15) is 0 Å². The third-order valence-electron chi connectivity index (χ3n) is 2.92. The molecule has 0 amide bonds. The van der Waals surface area contributed by atoms with Gasteiger partial charge in [-0.2, -0.15) is 0 Å². The lowest BCUT2D eigenvalue weighted by atomic mass is 10.0. The maximum atomic E-state index is 6.21. The normalized spacial score (nSPS) is 17.9. The zero-order valence-corrected chi connectivity index (χ0v) is 10.8. The van der Waals surface area contributed by atoms with Crippen LogP contribution in [0.15, 0.2) is 24.3 Å². The third-order valence-corrected chi connectivity index (χ3v) is 2.92. The van der Waals surface area contributed by atoms with Crippen LogP contribution < -0.4 is 10.5 Å². The average molecular weight is 251 g/mol. The van der Waals surface area contributed by atoms with Crippen molar-refractivity contribution in [1.82, 2.24) is 0 Å². The van der Waals surface area contributed by atoms with Crippen molar-refractivity contribution >= 4 is 0 Å². The molecule has 1 saturated heterocycles. The minimum atomic E-state index is -0.181. The summed E-state index contributed by atoms with van der Waals surface area (Å²) in [7, 11) is 0. The lowest BCUT2D eigenvalue weighted by Gasteiger charge is -2.19. The second-order valence-corrected chi connectivity index (χ2v) is 4.40. The quantitative estimate of drug-likeness (QED) is 0.842. The van der Waals surface area contributed by atoms with E-state index in [0.717, 1.165) is 17.7 Å². The van der Waals surface area contributed by atoms with Crippen molar-refractivity contribution in [2.45, 2.75) is 32.1 Å². The van der Waals surface area contributed by atoms with Crippen LogP contribution in [0.1, 0.15) is 31.4 Å². The van der Waals surface area contributed by atoms with Crippen molar-refractivity contribution in [3.05, 3.63) is 29.8 Å². The number of nitrogens with two attached hydrogens (primary N) is 1. The van der Waals surface area contributed by atoms with E-state index in [1.54, 1.807) is 0 Å². The Kier molecular flexibility index (Phi) is 4.99. The topological polar surface area (TPSA) is 53.7 Å². The van der Waals surface area contributed by atoms with Crippen molar-refractivity contribution < 1.29 is 14.2 Å². The van der Waals surface area contributed by atoms with Gasteiger partial charge in [0.25, 0.3) is 0 Å². The second-order valence-electron chi connectivity index (χ2n) is 4.40. The molecule has 0 bridgehead atoms. The number of hydrogen-bond acceptors (Lipinski definition) is 4. The molecule has 1 unspecified atom stereocenters. The van der Waals surface area contributed by atoms with Crippen LogP contribution in [-0.2, 0) is 9.47 Å². The molecule has 1 fully saturated rings. The maximum absolute atomic E-state index is 6.21. The van der Waals surface area contributed by atoms with Gasteiger partial charge in [0.2, 0.25) is 0 Å². The maximum Gasteiger partial charge on any atom is 0.159 e. The molecule has 1 atom stereocenters. The highest BCUT2D eigenvalue weighted by Crippen LogP contribution is 2.28. The summed E-state index contributed by atoms with van der Waals surface area (Å²) in [6.45, 7) is 4.11. The van der Waals surface area contributed by atoms with E-state index in [1.165, 1.54) is 0 Å². The van der Waals surface area contributed by atoms with E-state index >= 15 is 0 Å². The molecule has 1 aromatic carbocycles. The van der Waals surface area contributed by atoms with E-state index < -0.39 is 0 Å². The van der Waals surface area contributed by atoms with Gasteiger partial charge >= 0.3 is 0 Å². The molecule has 4 heteroatoms. The number of rotatable bonds is 6. The van der Waals surface area contributed by atoms with Crippen LogP contribution >= 0.6 is 0 Å². The Morgan fingerprint density at radius 2 is 2.06 bits per heavy atom. The number of ether oxygens (including phenoxy) is 3. The molecule has 0 saturated carbocycles. The average Bonchev–Trinajstić information content (AvgIpc) is 2.89. The van der Waals surface area contributed by atoms with Crippen LogP contribution in [0.25, 0.3) is 0 Å². The van der Waals surface area contributed by atoms with Gasteiger partial charge < -0.3 is 19.9 Å². The summed E-state index contributed by atoms with van der Waals surface area (Å²) in [5.74, 6) is 0.866. The van der Waals surface area contributed by atoms with E-state index in [0.29, 0.717) is 26.2 Å². The Balaban J connectivity index is 2.00. The zero-order chi connectivity index (χ0) is 12.8. The van der Waals surface area contributed by atoms with Crippen LogP contribution in [0.4, 0.5) is 0 Å². The lowest BCUT2D eigenvalue weighted by Crippen LogP contribution is -2.20. The van der Waals surface area contributed by atoms with Crippen molar-refractivity contribution in [3.63, 3.8) is 0 Å². The summed E-state index contributed by atoms with van der Waals surface area (Å²) in [6, 6.07) is 7.78. The summed E-state index contributed by atoms with van der Waals surface area (Å²) < 4.78 is 16.6. The first kappa shape index (κ1) is 13.3. The van der Waals surface area contributed by atoms with Gasteiger partial charge in [-0.15, -0.1) is 0 Å². The Morgan fingerprint density at radius 1 is 1.33 bits per heavy atom. The van der Waals surface area contributed by atoms with Crippen LogP contribution in [0.2, 0.25) is 0 Å². The van der Waals surface area contributed by atoms with E-state index in [-0.39, 0.29) is 12.3 Å². The molecule has 0 aliphatic carbocycles. The zero-order valence-electron chi connectivity index (χ0n) is 10.8. The van der Waals surface area contributed by atoms with Crippen molar-refractivity contribution in [2.24, 2.45) is 5.73 Å². The van der Waals surface area contributed by atoms with Gasteiger partial charge in [-0.3, -0.25) is 0 Å². The molecule has 4 nitrogen and oxygen atoms in total. The number of para-hydroxylation sites is 1. The van der Waals surface area contributed by atoms with E-state index in [4.69, 9.17) is 19.9 Å². The first-order chi connectivity index (χ1) is 8.81. The Labute approximate surface area is 108 Å². The number of hydrogen-bond donors (Lipinski definition) is 1. The molecule has 2 rings (SSSR count). The first-order valence-corrected chi connectivity index (χ1v) is 6.51. The van der Waals surface area contributed by atoms with Gasteiger partial charge in [0.1, 0.15) is 5.75 Å². The second kappa shape index (κ2) is 6.73. The minimum Gasteiger partial charge on any atom is -0.493 e. The Bertz CT molecular complexity index is 364. The SMILES string of the molecule is CCCOc1ccccc1C(N)CC1OCCO1. The Morgan fingerprint density at radius 3 is 2.78 bits per heavy atom. The first-order valence-electron chi connectivity index (χ1n) is 6.51. The summed E-state index contributed by atoms with van der Waals surface area (Å²) in [5, 5.41) is 0. The van der Waals surface area contributed by atoms with Crippen molar-refractivity contribution in [2.75, 3.05) is 19.8 Å². The largest absolute Gasteiger partial charge is 0.493 e. The molecule has 1 aromatic rings. The smallest absolute Gasteiger partial charge is 0.159 e. The lowest BCUT2D eigenvalue weighted by molar-refractivity contribution is -0.0508. The molecular formula is C14H21NO3. The molecule has 2 N–H and O–H groups in total. The predicted molar refractivity (Wildman–Crippen MR) is 69.5 cm³/mol. The summed E-state index contributed by atoms with van der Waals surface area (Å²) in [5.41, 5.74) is 7.23. The molecule has 0 radical (unpaired) electrons. The molecule has 0 spiro atoms. The fourth-order valence-electron chi connectivity index (χ4n) is 2.01. The highest BCUT2D eigenvalue weighted by Gasteiger charge is 2.21. The van der Waals surface area contributed by atoms with Gasteiger partial charge in [-0.1, -0.05) is 25.1 Å². The molecule has 1 aliphatic rings. The number of benzene rings is 1. The van der Waals surface area contributed by atoms with Crippen LogP contribution in [0.5, 0.6) is 5.75 Å². The van der Waals surface area contributed by atoms with Gasteiger partial charge in [0.15, 0.2) is 6.29 Å². The molecule has 0 aromatic heterocycles. The molecule has 100 valence electrons. The third kappa shape index (κ3) is 3.45. The summed E-state index contributed by atoms with van der Waals surface area (Å²) in [6.07, 6.45) is 1.46. The van der Waals surface area contributed by atoms with Gasteiger partial charge in [0, 0.05) is 18.0 Å². The van der Waals surface area contributed by atoms with E-state index in [2.05, 4.69) is 6.92 Å². The Hall–Kier alpha value is -1.10. The van der Waals surface area contributed by atoms with Gasteiger partial charge in [0.05, 0.1) is 19.8 Å². The standard InChI is InChI=1S/C14H21NO3/c1-2-7-16-13-6-4-3-5-11(13)12(15)10-14-17-8-9-18-14/h3-6,12,14H,2,7-10,15H2,1H3. The van der Waals surface area contributed by atoms with Crippen molar-refractivity contribution in [1.29, 1.82) is 0 Å². The summed E-state index contributed by atoms with van der Waals surface area (Å²) >= 11 is 0. The monoisotopic (exact) mass is 251 g/mol. The van der Waals surface area contributed by atoms with Crippen LogP contribution in [-0.4, -0.2) is 26.1 Å². The van der Waals surface area contributed by atoms with E-state index in [1.807, 2.05) is 24.3 Å². The van der Waals surface area contributed by atoms with Gasteiger partial charge in [-0.25, -0.2) is 0 Å². The highest BCUT2D eigenvalue weighted by molar-refractivity contribution is 5.35. The fraction of sp³-hybridized carbons (Fsp3) is 0.571. The van der Waals surface area contributed by atoms with Crippen molar-refractivity contribution in [3.8, 4) is 5.75 Å². The fourth-order valence-corrected chi connectivity index (χ4v) is 2.01. The predicted octanol–water partition coefficient (Wildman–Crippen LogP) is 2.24. The summed E-state index contributed by atoms with van der Waals surface area (Å²) in [4.78, 5) is 0. The van der Waals surface area contributed by atoms with Gasteiger partial charge in [-0.05, 0) is 12.5 Å². The molecule has 1 aliphatic heterocycles. The van der Waals surface area contributed by atoms with Crippen LogP contribution in [0, 0.1) is 0 Å². The van der Waals surface area contributed by atoms with Crippen LogP contribution in [0.3, 0.4) is 0 Å². The minimum absolute atomic E-state index is 0.124. The molecule has 1 heterocycles. The molecule has 18 heavy (non-hydrogen) atoms. The highest BCUT2D eigenvalue weighted by atomic mass is 16.7.